The molecule has 0 aromatic heterocycles. The van der Waals surface area contributed by atoms with Crippen LogP contribution in [0.1, 0.15) is 12.8 Å². The van der Waals surface area contributed by atoms with Gasteiger partial charge >= 0.3 is 0 Å². The van der Waals surface area contributed by atoms with Gasteiger partial charge in [-0.15, -0.1) is 0 Å². The van der Waals surface area contributed by atoms with Crippen molar-refractivity contribution in [1.82, 2.24) is 0 Å². The Labute approximate surface area is 129 Å². The zero-order valence-electron chi connectivity index (χ0n) is 11.9. The summed E-state index contributed by atoms with van der Waals surface area (Å²) >= 11 is 0. The molecule has 1 aromatic carbocycles. The minimum atomic E-state index is -3.58. The van der Waals surface area contributed by atoms with Gasteiger partial charge in [-0.25, -0.2) is 8.42 Å². The zero-order chi connectivity index (χ0) is 15.3. The summed E-state index contributed by atoms with van der Waals surface area (Å²) < 4.78 is 39.1. The van der Waals surface area contributed by atoms with E-state index >= 15 is 0 Å². The van der Waals surface area contributed by atoms with Gasteiger partial charge in [0, 0.05) is 29.3 Å². The fraction of sp³-hybridized carbons (Fsp3) is 0.571. The lowest BCUT2D eigenvalue weighted by molar-refractivity contribution is 0.00227. The van der Waals surface area contributed by atoms with Crippen LogP contribution in [0.25, 0.3) is 0 Å². The maximum atomic E-state index is 11.5. The Morgan fingerprint density at radius 2 is 1.76 bits per heavy atom. The molecular weight excluding hydrogens is 316 g/mol. The van der Waals surface area contributed by atoms with Crippen molar-refractivity contribution in [1.29, 1.82) is 0 Å². The number of hydrogen-bond donors (Lipinski definition) is 0. The molecule has 1 heterocycles. The molecule has 1 aliphatic rings. The van der Waals surface area contributed by atoms with Gasteiger partial charge in [-0.2, -0.15) is 0 Å². The predicted octanol–water partition coefficient (Wildman–Crippen LogP) is 2.44. The van der Waals surface area contributed by atoms with Crippen LogP contribution in [0.2, 0.25) is 0 Å². The number of ether oxygens (including phenoxy) is 3. The Bertz CT molecular complexity index is 549. The SMILES string of the molecule is COc1ccc(OCC2(CS(=O)(=O)Cl)CCOCC2)cc1. The van der Waals surface area contributed by atoms with E-state index in [1.807, 2.05) is 0 Å². The Morgan fingerprint density at radius 3 is 2.29 bits per heavy atom. The van der Waals surface area contributed by atoms with Crippen molar-refractivity contribution in [3.63, 3.8) is 0 Å². The van der Waals surface area contributed by atoms with Gasteiger partial charge in [0.2, 0.25) is 9.05 Å². The molecule has 0 bridgehead atoms. The lowest BCUT2D eigenvalue weighted by Crippen LogP contribution is -2.40. The average molecular weight is 335 g/mol. The molecule has 5 nitrogen and oxygen atoms in total. The molecule has 1 fully saturated rings. The monoisotopic (exact) mass is 334 g/mol. The molecule has 1 aliphatic heterocycles. The van der Waals surface area contributed by atoms with Gasteiger partial charge in [-0.3, -0.25) is 0 Å². The number of rotatable bonds is 6. The number of halogens is 1. The molecule has 0 unspecified atom stereocenters. The van der Waals surface area contributed by atoms with Crippen molar-refractivity contribution in [3.05, 3.63) is 24.3 Å². The number of hydrogen-bond acceptors (Lipinski definition) is 5. The first kappa shape index (κ1) is 16.4. The second kappa shape index (κ2) is 6.85. The summed E-state index contributed by atoms with van der Waals surface area (Å²) in [6.45, 7) is 1.35. The second-order valence-corrected chi connectivity index (χ2v) is 8.04. The van der Waals surface area contributed by atoms with Crippen molar-refractivity contribution >= 4 is 19.7 Å². The van der Waals surface area contributed by atoms with Crippen LogP contribution in [0.4, 0.5) is 0 Å². The summed E-state index contributed by atoms with van der Waals surface area (Å²) in [6.07, 6.45) is 1.24. The lowest BCUT2D eigenvalue weighted by atomic mass is 9.83. The van der Waals surface area contributed by atoms with Crippen molar-refractivity contribution in [2.75, 3.05) is 32.7 Å². The van der Waals surface area contributed by atoms with Gasteiger partial charge in [-0.1, -0.05) is 0 Å². The molecule has 0 amide bonds. The Balaban J connectivity index is 2.04. The molecule has 0 atom stereocenters. The lowest BCUT2D eigenvalue weighted by Gasteiger charge is -2.35. The maximum absolute atomic E-state index is 11.5. The quantitative estimate of drug-likeness (QED) is 0.748. The molecule has 0 radical (unpaired) electrons. The molecule has 0 aliphatic carbocycles. The molecule has 1 saturated heterocycles. The van der Waals surface area contributed by atoms with E-state index in [0.29, 0.717) is 38.4 Å². The van der Waals surface area contributed by atoms with E-state index in [1.165, 1.54) is 0 Å². The van der Waals surface area contributed by atoms with Crippen LogP contribution in [-0.2, 0) is 13.8 Å². The molecule has 1 aromatic rings. The minimum absolute atomic E-state index is 0.0962. The summed E-state index contributed by atoms with van der Waals surface area (Å²) in [5.74, 6) is 1.32. The number of benzene rings is 1. The third kappa shape index (κ3) is 5.05. The minimum Gasteiger partial charge on any atom is -0.497 e. The third-order valence-corrected chi connectivity index (χ3v) is 4.92. The highest BCUT2D eigenvalue weighted by Crippen LogP contribution is 2.34. The highest BCUT2D eigenvalue weighted by atomic mass is 35.7. The second-order valence-electron chi connectivity index (χ2n) is 5.26. The van der Waals surface area contributed by atoms with Crippen LogP contribution >= 0.6 is 10.7 Å². The first-order chi connectivity index (χ1) is 9.92. The van der Waals surface area contributed by atoms with E-state index in [0.717, 1.165) is 5.75 Å². The van der Waals surface area contributed by atoms with Crippen molar-refractivity contribution in [3.8, 4) is 11.5 Å². The van der Waals surface area contributed by atoms with Gasteiger partial charge in [0.05, 0.1) is 19.5 Å². The summed E-state index contributed by atoms with van der Waals surface area (Å²) in [6, 6.07) is 7.18. The molecule has 118 valence electrons. The van der Waals surface area contributed by atoms with Crippen LogP contribution in [0.15, 0.2) is 24.3 Å². The molecule has 0 N–H and O–H groups in total. The van der Waals surface area contributed by atoms with Crippen LogP contribution in [0, 0.1) is 5.41 Å². The predicted molar refractivity (Wildman–Crippen MR) is 80.6 cm³/mol. The van der Waals surface area contributed by atoms with Crippen molar-refractivity contribution < 1.29 is 22.6 Å². The Hall–Kier alpha value is -0.980. The molecule has 7 heteroatoms. The highest BCUT2D eigenvalue weighted by Gasteiger charge is 2.37. The van der Waals surface area contributed by atoms with Crippen LogP contribution in [-0.4, -0.2) is 41.1 Å². The maximum Gasteiger partial charge on any atom is 0.233 e. The summed E-state index contributed by atoms with van der Waals surface area (Å²) in [7, 11) is 3.45. The topological polar surface area (TPSA) is 61.8 Å². The van der Waals surface area contributed by atoms with E-state index in [4.69, 9.17) is 24.9 Å². The highest BCUT2D eigenvalue weighted by molar-refractivity contribution is 8.13. The first-order valence-corrected chi connectivity index (χ1v) is 9.17. The first-order valence-electron chi connectivity index (χ1n) is 6.69. The molecule has 21 heavy (non-hydrogen) atoms. The largest absolute Gasteiger partial charge is 0.497 e. The smallest absolute Gasteiger partial charge is 0.233 e. The Morgan fingerprint density at radius 1 is 1.19 bits per heavy atom. The summed E-state index contributed by atoms with van der Waals surface area (Å²) in [5, 5.41) is 0. The number of methoxy groups -OCH3 is 1. The molecule has 0 saturated carbocycles. The van der Waals surface area contributed by atoms with Gasteiger partial charge in [0.25, 0.3) is 0 Å². The fourth-order valence-electron chi connectivity index (χ4n) is 2.41. The van der Waals surface area contributed by atoms with Gasteiger partial charge < -0.3 is 14.2 Å². The van der Waals surface area contributed by atoms with Gasteiger partial charge in [-0.05, 0) is 37.1 Å². The van der Waals surface area contributed by atoms with Crippen LogP contribution in [0.5, 0.6) is 11.5 Å². The Kier molecular flexibility index (Phi) is 5.35. The summed E-state index contributed by atoms with van der Waals surface area (Å²) in [5.41, 5.74) is -0.487. The zero-order valence-corrected chi connectivity index (χ0v) is 13.5. The van der Waals surface area contributed by atoms with E-state index in [2.05, 4.69) is 0 Å². The van der Waals surface area contributed by atoms with E-state index in [-0.39, 0.29) is 5.75 Å². The van der Waals surface area contributed by atoms with Crippen LogP contribution < -0.4 is 9.47 Å². The average Bonchev–Trinajstić information content (AvgIpc) is 2.45. The molecule has 2 rings (SSSR count). The normalized spacial score (nSPS) is 18.2. The van der Waals surface area contributed by atoms with Gasteiger partial charge in [0.1, 0.15) is 11.5 Å². The third-order valence-electron chi connectivity index (χ3n) is 3.64. The summed E-state index contributed by atoms with van der Waals surface area (Å²) in [4.78, 5) is 0. The standard InChI is InChI=1S/C14H19ClO5S/c1-18-12-2-4-13(5-3-12)20-10-14(11-21(15,16)17)6-8-19-9-7-14/h2-5H,6-11H2,1H3. The molecule has 0 spiro atoms. The van der Waals surface area contributed by atoms with Gasteiger partial charge in [0.15, 0.2) is 0 Å². The van der Waals surface area contributed by atoms with E-state index < -0.39 is 14.5 Å². The fourth-order valence-corrected chi connectivity index (χ4v) is 4.21. The van der Waals surface area contributed by atoms with Crippen molar-refractivity contribution in [2.24, 2.45) is 5.41 Å². The van der Waals surface area contributed by atoms with Crippen molar-refractivity contribution in [2.45, 2.75) is 12.8 Å². The van der Waals surface area contributed by atoms with Crippen LogP contribution in [0.3, 0.4) is 0 Å². The molecular formula is C14H19ClO5S. The van der Waals surface area contributed by atoms with E-state index in [1.54, 1.807) is 31.4 Å². The van der Waals surface area contributed by atoms with E-state index in [9.17, 15) is 8.42 Å².